The molecule has 15 heavy (non-hydrogen) atoms. The van der Waals surface area contributed by atoms with Crippen LogP contribution >= 0.6 is 0 Å². The summed E-state index contributed by atoms with van der Waals surface area (Å²) in [7, 11) is 0. The SMILES string of the molecule is CC1CC2(CCCC(C)(C)C2O)CC1C. The van der Waals surface area contributed by atoms with Crippen LogP contribution in [0.4, 0.5) is 0 Å². The van der Waals surface area contributed by atoms with Crippen molar-refractivity contribution in [3.8, 4) is 0 Å². The second kappa shape index (κ2) is 3.48. The van der Waals surface area contributed by atoms with Crippen molar-refractivity contribution in [2.75, 3.05) is 0 Å². The number of hydrogen-bond donors (Lipinski definition) is 1. The summed E-state index contributed by atoms with van der Waals surface area (Å²) in [5.41, 5.74) is 0.405. The minimum absolute atomic E-state index is 0.0776. The van der Waals surface area contributed by atoms with E-state index in [0.717, 1.165) is 11.8 Å². The van der Waals surface area contributed by atoms with Crippen LogP contribution in [0.15, 0.2) is 0 Å². The van der Waals surface area contributed by atoms with Crippen LogP contribution in [0.2, 0.25) is 0 Å². The first-order valence-electron chi connectivity index (χ1n) is 6.55. The maximum atomic E-state index is 10.6. The van der Waals surface area contributed by atoms with Gasteiger partial charge in [0, 0.05) is 0 Å². The average Bonchev–Trinajstić information content (AvgIpc) is 2.40. The van der Waals surface area contributed by atoms with Crippen LogP contribution in [-0.2, 0) is 0 Å². The standard InChI is InChI=1S/C14H26O/c1-10-8-14(9-11(10)2)7-5-6-13(3,4)12(14)15/h10-12,15H,5-9H2,1-4H3. The van der Waals surface area contributed by atoms with Crippen molar-refractivity contribution in [1.82, 2.24) is 0 Å². The predicted molar refractivity (Wildman–Crippen MR) is 63.6 cm³/mol. The van der Waals surface area contributed by atoms with Gasteiger partial charge in [-0.25, -0.2) is 0 Å². The Morgan fingerprint density at radius 1 is 1.00 bits per heavy atom. The van der Waals surface area contributed by atoms with Gasteiger partial charge in [0.15, 0.2) is 0 Å². The third kappa shape index (κ3) is 1.73. The van der Waals surface area contributed by atoms with Gasteiger partial charge in [0.25, 0.3) is 0 Å². The lowest BCUT2D eigenvalue weighted by Crippen LogP contribution is -2.47. The van der Waals surface area contributed by atoms with E-state index < -0.39 is 0 Å². The Bertz CT molecular complexity index is 234. The molecule has 2 fully saturated rings. The Labute approximate surface area is 94.3 Å². The molecule has 3 unspecified atom stereocenters. The zero-order valence-corrected chi connectivity index (χ0v) is 10.7. The van der Waals surface area contributed by atoms with Crippen molar-refractivity contribution in [3.05, 3.63) is 0 Å². The Kier molecular flexibility index (Phi) is 2.65. The maximum Gasteiger partial charge on any atom is 0.0647 e. The van der Waals surface area contributed by atoms with Crippen LogP contribution in [0.25, 0.3) is 0 Å². The second-order valence-electron chi connectivity index (χ2n) is 6.97. The molecule has 0 radical (unpaired) electrons. The summed E-state index contributed by atoms with van der Waals surface area (Å²) in [5, 5.41) is 10.6. The summed E-state index contributed by atoms with van der Waals surface area (Å²) in [6.45, 7) is 9.19. The highest BCUT2D eigenvalue weighted by Gasteiger charge is 2.52. The summed E-state index contributed by atoms with van der Waals surface area (Å²) in [5.74, 6) is 1.60. The van der Waals surface area contributed by atoms with Crippen molar-refractivity contribution in [1.29, 1.82) is 0 Å². The highest BCUT2D eigenvalue weighted by Crippen LogP contribution is 2.57. The Hall–Kier alpha value is -0.0400. The fourth-order valence-electron chi connectivity index (χ4n) is 4.19. The molecule has 0 saturated heterocycles. The molecule has 2 aliphatic rings. The zero-order chi connectivity index (χ0) is 11.3. The van der Waals surface area contributed by atoms with Gasteiger partial charge in [-0.05, 0) is 48.3 Å². The van der Waals surface area contributed by atoms with E-state index in [1.165, 1.54) is 32.1 Å². The largest absolute Gasteiger partial charge is 0.392 e. The summed E-state index contributed by atoms with van der Waals surface area (Å²) in [6, 6.07) is 0. The summed E-state index contributed by atoms with van der Waals surface area (Å²) in [4.78, 5) is 0. The van der Waals surface area contributed by atoms with Crippen molar-refractivity contribution in [3.63, 3.8) is 0 Å². The van der Waals surface area contributed by atoms with Crippen molar-refractivity contribution in [2.45, 2.75) is 65.9 Å². The topological polar surface area (TPSA) is 20.2 Å². The molecule has 2 aliphatic carbocycles. The Morgan fingerprint density at radius 2 is 1.53 bits per heavy atom. The molecule has 1 heteroatoms. The van der Waals surface area contributed by atoms with Gasteiger partial charge in [-0.2, -0.15) is 0 Å². The smallest absolute Gasteiger partial charge is 0.0647 e. The van der Waals surface area contributed by atoms with Gasteiger partial charge < -0.3 is 5.11 Å². The minimum atomic E-state index is -0.0776. The normalized spacial score (nSPS) is 49.8. The van der Waals surface area contributed by atoms with Gasteiger partial charge in [-0.3, -0.25) is 0 Å². The molecule has 1 spiro atoms. The van der Waals surface area contributed by atoms with Gasteiger partial charge in [0.05, 0.1) is 6.10 Å². The van der Waals surface area contributed by atoms with Crippen molar-refractivity contribution < 1.29 is 5.11 Å². The minimum Gasteiger partial charge on any atom is -0.392 e. The lowest BCUT2D eigenvalue weighted by Gasteiger charge is -2.48. The molecular weight excluding hydrogens is 184 g/mol. The molecule has 3 atom stereocenters. The van der Waals surface area contributed by atoms with Crippen molar-refractivity contribution in [2.24, 2.45) is 22.7 Å². The third-order valence-electron chi connectivity index (χ3n) is 5.24. The number of aliphatic hydroxyl groups excluding tert-OH is 1. The van der Waals surface area contributed by atoms with Crippen LogP contribution in [-0.4, -0.2) is 11.2 Å². The van der Waals surface area contributed by atoms with Crippen LogP contribution in [0.3, 0.4) is 0 Å². The molecule has 88 valence electrons. The van der Waals surface area contributed by atoms with E-state index in [4.69, 9.17) is 0 Å². The number of rotatable bonds is 0. The molecule has 2 saturated carbocycles. The monoisotopic (exact) mass is 210 g/mol. The van der Waals surface area contributed by atoms with E-state index in [1.54, 1.807) is 0 Å². The van der Waals surface area contributed by atoms with Gasteiger partial charge in [-0.1, -0.05) is 34.1 Å². The molecule has 0 bridgehead atoms. The molecule has 1 N–H and O–H groups in total. The molecule has 0 aromatic rings. The fourth-order valence-corrected chi connectivity index (χ4v) is 4.19. The van der Waals surface area contributed by atoms with Crippen LogP contribution in [0, 0.1) is 22.7 Å². The lowest BCUT2D eigenvalue weighted by molar-refractivity contribution is -0.0925. The van der Waals surface area contributed by atoms with Crippen molar-refractivity contribution >= 4 is 0 Å². The molecule has 2 rings (SSSR count). The molecule has 1 nitrogen and oxygen atoms in total. The predicted octanol–water partition coefficient (Wildman–Crippen LogP) is 3.61. The second-order valence-corrected chi connectivity index (χ2v) is 6.97. The summed E-state index contributed by atoms with van der Waals surface area (Å²) >= 11 is 0. The molecule has 0 aliphatic heterocycles. The van der Waals surface area contributed by atoms with Gasteiger partial charge in [0.2, 0.25) is 0 Å². The zero-order valence-electron chi connectivity index (χ0n) is 10.7. The van der Waals surface area contributed by atoms with Crippen LogP contribution < -0.4 is 0 Å². The highest BCUT2D eigenvalue weighted by molar-refractivity contribution is 5.03. The van der Waals surface area contributed by atoms with Gasteiger partial charge in [-0.15, -0.1) is 0 Å². The van der Waals surface area contributed by atoms with E-state index in [-0.39, 0.29) is 16.9 Å². The van der Waals surface area contributed by atoms with Gasteiger partial charge in [0.1, 0.15) is 0 Å². The lowest BCUT2D eigenvalue weighted by atomic mass is 9.60. The summed E-state index contributed by atoms with van der Waals surface area (Å²) < 4.78 is 0. The Morgan fingerprint density at radius 3 is 2.07 bits per heavy atom. The van der Waals surface area contributed by atoms with Crippen LogP contribution in [0.5, 0.6) is 0 Å². The van der Waals surface area contributed by atoms with Crippen LogP contribution in [0.1, 0.15) is 59.8 Å². The van der Waals surface area contributed by atoms with Gasteiger partial charge >= 0.3 is 0 Å². The average molecular weight is 210 g/mol. The van der Waals surface area contributed by atoms with E-state index in [1.807, 2.05) is 0 Å². The molecular formula is C14H26O. The first-order chi connectivity index (χ1) is 6.87. The summed E-state index contributed by atoms with van der Waals surface area (Å²) in [6.07, 6.45) is 6.18. The van der Waals surface area contributed by atoms with E-state index >= 15 is 0 Å². The first kappa shape index (κ1) is 11.4. The maximum absolute atomic E-state index is 10.6. The van der Waals surface area contributed by atoms with E-state index in [9.17, 15) is 5.11 Å². The molecule has 0 heterocycles. The fraction of sp³-hybridized carbons (Fsp3) is 1.00. The van der Waals surface area contributed by atoms with E-state index in [2.05, 4.69) is 27.7 Å². The first-order valence-corrected chi connectivity index (χ1v) is 6.55. The number of hydrogen-bond acceptors (Lipinski definition) is 1. The molecule has 0 aromatic heterocycles. The highest BCUT2D eigenvalue weighted by atomic mass is 16.3. The van der Waals surface area contributed by atoms with E-state index in [0.29, 0.717) is 0 Å². The third-order valence-corrected chi connectivity index (χ3v) is 5.24. The molecule has 0 aromatic carbocycles. The molecule has 0 amide bonds. The Balaban J connectivity index is 2.21. The quantitative estimate of drug-likeness (QED) is 0.647. The number of aliphatic hydroxyl groups is 1.